The third-order valence-electron chi connectivity index (χ3n) is 5.22. The van der Waals surface area contributed by atoms with Gasteiger partial charge in [0.05, 0.1) is 6.61 Å². The first kappa shape index (κ1) is 23.2. The fourth-order valence-electron chi connectivity index (χ4n) is 3.59. The van der Waals surface area contributed by atoms with Crippen LogP contribution in [0.2, 0.25) is 0 Å². The molecule has 26 heavy (non-hydrogen) atoms. The van der Waals surface area contributed by atoms with Gasteiger partial charge in [-0.1, -0.05) is 36.8 Å². The molecule has 0 aromatic heterocycles. The maximum Gasteiger partial charge on any atom is 0.191 e. The van der Waals surface area contributed by atoms with E-state index in [1.807, 2.05) is 18.2 Å². The topological polar surface area (TPSA) is 59.9 Å². The van der Waals surface area contributed by atoms with Crippen LogP contribution in [0.5, 0.6) is 0 Å². The number of nitrogens with zero attached hydrogens (tertiary/aromatic N) is 2. The Balaban J connectivity index is 0.00000338. The number of aliphatic imine (C=N–C) groups is 1. The Kier molecular flexibility index (Phi) is 11.2. The van der Waals surface area contributed by atoms with Crippen LogP contribution in [-0.4, -0.2) is 61.3 Å². The molecule has 2 rings (SSSR count). The molecule has 1 aromatic rings. The van der Waals surface area contributed by atoms with Crippen LogP contribution in [0, 0.1) is 0 Å². The highest BCUT2D eigenvalue weighted by atomic mass is 127. The molecule has 1 aliphatic rings. The number of nitrogens with one attached hydrogen (secondary N) is 2. The number of hydrogen-bond acceptors (Lipinski definition) is 3. The Morgan fingerprint density at radius 2 is 1.92 bits per heavy atom. The lowest BCUT2D eigenvalue weighted by atomic mass is 10.0. The molecule has 1 fully saturated rings. The molecule has 3 N–H and O–H groups in total. The highest BCUT2D eigenvalue weighted by Gasteiger charge is 2.23. The number of aliphatic hydroxyl groups is 1. The molecule has 0 spiro atoms. The van der Waals surface area contributed by atoms with Gasteiger partial charge >= 0.3 is 0 Å². The smallest absolute Gasteiger partial charge is 0.191 e. The Morgan fingerprint density at radius 1 is 1.23 bits per heavy atom. The molecule has 6 heteroatoms. The summed E-state index contributed by atoms with van der Waals surface area (Å²) in [5.41, 5.74) is 1.14. The molecule has 0 bridgehead atoms. The second-order valence-corrected chi connectivity index (χ2v) is 7.06. The van der Waals surface area contributed by atoms with E-state index in [1.54, 1.807) is 7.05 Å². The average Bonchev–Trinajstić information content (AvgIpc) is 2.65. The Labute approximate surface area is 175 Å². The van der Waals surface area contributed by atoms with Crippen LogP contribution >= 0.6 is 24.0 Å². The summed E-state index contributed by atoms with van der Waals surface area (Å²) in [6.45, 7) is 7.46. The minimum Gasteiger partial charge on any atom is -0.396 e. The second kappa shape index (κ2) is 12.5. The standard InChI is InChI=1S/C20H34N4O.HI/c1-16-9-7-8-12-24(16)17(2)13-22-20(21-3)23-14-19(15-25)18-10-5-4-6-11-18;/h4-6,10-11,16-17,19,25H,7-9,12-15H2,1-3H3,(H2,21,22,23);1H. The Bertz CT molecular complexity index is 526. The molecule has 0 saturated carbocycles. The van der Waals surface area contributed by atoms with Crippen molar-refractivity contribution in [2.75, 3.05) is 33.3 Å². The molecule has 0 amide bonds. The van der Waals surface area contributed by atoms with Crippen molar-refractivity contribution in [3.05, 3.63) is 35.9 Å². The molecule has 1 aliphatic heterocycles. The summed E-state index contributed by atoms with van der Waals surface area (Å²) < 4.78 is 0. The van der Waals surface area contributed by atoms with Gasteiger partial charge in [-0.2, -0.15) is 0 Å². The summed E-state index contributed by atoms with van der Waals surface area (Å²) in [5, 5.41) is 16.5. The van der Waals surface area contributed by atoms with Gasteiger partial charge in [-0.05, 0) is 38.8 Å². The van der Waals surface area contributed by atoms with Crippen LogP contribution in [0.3, 0.4) is 0 Å². The minimum absolute atomic E-state index is 0. The third-order valence-corrected chi connectivity index (χ3v) is 5.22. The monoisotopic (exact) mass is 474 g/mol. The lowest BCUT2D eigenvalue weighted by Crippen LogP contribution is -2.50. The number of rotatable bonds is 7. The SMILES string of the molecule is CN=C(NCC(CO)c1ccccc1)NCC(C)N1CCCCC1C.I. The van der Waals surface area contributed by atoms with Gasteiger partial charge in [0.25, 0.3) is 0 Å². The van der Waals surface area contributed by atoms with Crippen LogP contribution < -0.4 is 10.6 Å². The number of piperidine rings is 1. The lowest BCUT2D eigenvalue weighted by Gasteiger charge is -2.38. The number of halogens is 1. The molecular formula is C20H35IN4O. The number of hydrogen-bond donors (Lipinski definition) is 3. The molecule has 3 unspecified atom stereocenters. The van der Waals surface area contributed by atoms with Crippen LogP contribution in [0.25, 0.3) is 0 Å². The largest absolute Gasteiger partial charge is 0.396 e. The summed E-state index contributed by atoms with van der Waals surface area (Å²) in [6.07, 6.45) is 3.95. The highest BCUT2D eigenvalue weighted by molar-refractivity contribution is 14.0. The van der Waals surface area contributed by atoms with Crippen molar-refractivity contribution >= 4 is 29.9 Å². The van der Waals surface area contributed by atoms with E-state index in [0.29, 0.717) is 18.6 Å². The summed E-state index contributed by atoms with van der Waals surface area (Å²) >= 11 is 0. The lowest BCUT2D eigenvalue weighted by molar-refractivity contribution is 0.115. The van der Waals surface area contributed by atoms with Gasteiger partial charge < -0.3 is 15.7 Å². The third kappa shape index (κ3) is 7.04. The molecule has 3 atom stereocenters. The summed E-state index contributed by atoms with van der Waals surface area (Å²) in [6, 6.07) is 11.3. The van der Waals surface area contributed by atoms with Crippen molar-refractivity contribution in [1.29, 1.82) is 0 Å². The predicted molar refractivity (Wildman–Crippen MR) is 121 cm³/mol. The zero-order valence-electron chi connectivity index (χ0n) is 16.3. The normalized spacial score (nSPS) is 20.8. The van der Waals surface area contributed by atoms with Gasteiger partial charge in [-0.3, -0.25) is 9.89 Å². The predicted octanol–water partition coefficient (Wildman–Crippen LogP) is 2.81. The van der Waals surface area contributed by atoms with E-state index in [4.69, 9.17) is 0 Å². The average molecular weight is 474 g/mol. The number of guanidine groups is 1. The van der Waals surface area contributed by atoms with E-state index in [1.165, 1.54) is 25.8 Å². The van der Waals surface area contributed by atoms with E-state index < -0.39 is 0 Å². The first-order chi connectivity index (χ1) is 12.2. The fraction of sp³-hybridized carbons (Fsp3) is 0.650. The Morgan fingerprint density at radius 3 is 2.54 bits per heavy atom. The number of benzene rings is 1. The molecular weight excluding hydrogens is 439 g/mol. The number of likely N-dealkylation sites (tertiary alicyclic amines) is 1. The number of aliphatic hydroxyl groups excluding tert-OH is 1. The van der Waals surface area contributed by atoms with Crippen LogP contribution in [0.1, 0.15) is 44.6 Å². The van der Waals surface area contributed by atoms with Crippen LogP contribution in [0.4, 0.5) is 0 Å². The Hall–Kier alpha value is -0.860. The maximum atomic E-state index is 9.68. The molecule has 1 saturated heterocycles. The van der Waals surface area contributed by atoms with Gasteiger partial charge in [-0.25, -0.2) is 0 Å². The zero-order valence-corrected chi connectivity index (χ0v) is 18.6. The van der Waals surface area contributed by atoms with Gasteiger partial charge in [0.2, 0.25) is 0 Å². The van der Waals surface area contributed by atoms with E-state index in [0.717, 1.165) is 18.1 Å². The van der Waals surface area contributed by atoms with Crippen molar-refractivity contribution in [2.24, 2.45) is 4.99 Å². The van der Waals surface area contributed by atoms with Gasteiger partial charge in [-0.15, -0.1) is 24.0 Å². The fourth-order valence-corrected chi connectivity index (χ4v) is 3.59. The van der Waals surface area contributed by atoms with E-state index in [2.05, 4.69) is 46.5 Å². The molecule has 148 valence electrons. The molecule has 0 radical (unpaired) electrons. The van der Waals surface area contributed by atoms with Crippen molar-refractivity contribution in [1.82, 2.24) is 15.5 Å². The molecule has 0 aliphatic carbocycles. The van der Waals surface area contributed by atoms with E-state index in [9.17, 15) is 5.11 Å². The van der Waals surface area contributed by atoms with Gasteiger partial charge in [0.1, 0.15) is 0 Å². The van der Waals surface area contributed by atoms with Gasteiger partial charge in [0.15, 0.2) is 5.96 Å². The van der Waals surface area contributed by atoms with E-state index in [-0.39, 0.29) is 36.5 Å². The zero-order chi connectivity index (χ0) is 18.1. The van der Waals surface area contributed by atoms with Crippen molar-refractivity contribution in [3.63, 3.8) is 0 Å². The van der Waals surface area contributed by atoms with E-state index >= 15 is 0 Å². The quantitative estimate of drug-likeness (QED) is 0.323. The molecule has 1 aromatic carbocycles. The summed E-state index contributed by atoms with van der Waals surface area (Å²) in [4.78, 5) is 6.91. The first-order valence-corrected chi connectivity index (χ1v) is 9.51. The minimum atomic E-state index is 0. The van der Waals surface area contributed by atoms with Gasteiger partial charge in [0, 0.05) is 38.1 Å². The maximum absolute atomic E-state index is 9.68. The van der Waals surface area contributed by atoms with Crippen molar-refractivity contribution in [2.45, 2.75) is 51.1 Å². The van der Waals surface area contributed by atoms with Crippen LogP contribution in [-0.2, 0) is 0 Å². The second-order valence-electron chi connectivity index (χ2n) is 7.06. The summed E-state index contributed by atoms with van der Waals surface area (Å²) in [5.74, 6) is 0.866. The molecule has 1 heterocycles. The first-order valence-electron chi connectivity index (χ1n) is 9.51. The van der Waals surface area contributed by atoms with Crippen molar-refractivity contribution < 1.29 is 5.11 Å². The summed E-state index contributed by atoms with van der Waals surface area (Å²) in [7, 11) is 1.79. The van der Waals surface area contributed by atoms with Crippen LogP contribution in [0.15, 0.2) is 35.3 Å². The molecule has 5 nitrogen and oxygen atoms in total. The highest BCUT2D eigenvalue weighted by Crippen LogP contribution is 2.18. The van der Waals surface area contributed by atoms with Crippen molar-refractivity contribution in [3.8, 4) is 0 Å².